The average Bonchev–Trinajstić information content (AvgIpc) is 3.74. The molecule has 1 saturated heterocycles. The Labute approximate surface area is 241 Å². The second kappa shape index (κ2) is 11.8. The zero-order valence-electron chi connectivity index (χ0n) is 22.5. The molecule has 2 fully saturated rings. The molecular weight excluding hydrogens is 559 g/mol. The van der Waals surface area contributed by atoms with Gasteiger partial charge < -0.3 is 10.0 Å². The summed E-state index contributed by atoms with van der Waals surface area (Å²) in [5.41, 5.74) is 0.689. The zero-order chi connectivity index (χ0) is 28.5. The van der Waals surface area contributed by atoms with Crippen molar-refractivity contribution in [1.29, 1.82) is 0 Å². The number of carbonyl (C=O) groups excluding carboxylic acids is 1. The number of amides is 1. The number of hydrogen-bond donors (Lipinski definition) is 1. The highest BCUT2D eigenvalue weighted by Crippen LogP contribution is 2.53. The van der Waals surface area contributed by atoms with E-state index in [9.17, 15) is 23.1 Å². The van der Waals surface area contributed by atoms with E-state index in [-0.39, 0.29) is 36.1 Å². The molecule has 1 amide bonds. The van der Waals surface area contributed by atoms with Crippen molar-refractivity contribution in [2.75, 3.05) is 13.6 Å². The highest BCUT2D eigenvalue weighted by atomic mass is 35.5. The van der Waals surface area contributed by atoms with Crippen LogP contribution in [0.15, 0.2) is 48.5 Å². The Kier molecular flexibility index (Phi) is 9.01. The van der Waals surface area contributed by atoms with E-state index >= 15 is 0 Å². The van der Waals surface area contributed by atoms with Gasteiger partial charge in [-0.2, -0.15) is 0 Å². The summed E-state index contributed by atoms with van der Waals surface area (Å²) in [6.45, 7) is 4.04. The van der Waals surface area contributed by atoms with Crippen molar-refractivity contribution < 1.29 is 23.1 Å². The SMILES string of the molecule is CCC1(CC(=O)O)CC(c2cccc(Cl)c2)C(c2ccc(Cl)cc2)N(C(C)CCN(C)S(=O)(=O)C2CC2)C1=O. The molecule has 2 aliphatic rings. The van der Waals surface area contributed by atoms with E-state index in [1.165, 1.54) is 4.31 Å². The van der Waals surface area contributed by atoms with Crippen molar-refractivity contribution in [3.63, 3.8) is 0 Å². The van der Waals surface area contributed by atoms with Crippen LogP contribution < -0.4 is 0 Å². The summed E-state index contributed by atoms with van der Waals surface area (Å²) in [5, 5.41) is 10.7. The number of carbonyl (C=O) groups is 2. The lowest BCUT2D eigenvalue weighted by atomic mass is 9.65. The molecule has 0 radical (unpaired) electrons. The summed E-state index contributed by atoms with van der Waals surface area (Å²) < 4.78 is 26.9. The molecule has 39 heavy (non-hydrogen) atoms. The van der Waals surface area contributed by atoms with E-state index in [0.717, 1.165) is 11.1 Å². The second-order valence-electron chi connectivity index (χ2n) is 11.0. The van der Waals surface area contributed by atoms with Crippen LogP contribution in [-0.4, -0.2) is 59.5 Å². The molecular formula is C29H36Cl2N2O5S. The van der Waals surface area contributed by atoms with E-state index in [1.807, 2.05) is 49.1 Å². The lowest BCUT2D eigenvalue weighted by Crippen LogP contribution is -2.56. The number of sulfonamides is 1. The van der Waals surface area contributed by atoms with Crippen LogP contribution >= 0.6 is 23.2 Å². The van der Waals surface area contributed by atoms with Gasteiger partial charge in [0.15, 0.2) is 0 Å². The van der Waals surface area contributed by atoms with Crippen molar-refractivity contribution in [1.82, 2.24) is 9.21 Å². The van der Waals surface area contributed by atoms with Gasteiger partial charge in [-0.1, -0.05) is 54.4 Å². The van der Waals surface area contributed by atoms with Gasteiger partial charge in [0, 0.05) is 35.6 Å². The Hall–Kier alpha value is -2.13. The van der Waals surface area contributed by atoms with E-state index in [0.29, 0.717) is 42.1 Å². The lowest BCUT2D eigenvalue weighted by molar-refractivity contribution is -0.162. The van der Waals surface area contributed by atoms with E-state index < -0.39 is 27.4 Å². The molecule has 4 atom stereocenters. The highest BCUT2D eigenvalue weighted by Gasteiger charge is 2.53. The Morgan fingerprint density at radius 2 is 1.79 bits per heavy atom. The largest absolute Gasteiger partial charge is 0.481 e. The fourth-order valence-corrected chi connectivity index (χ4v) is 7.82. The van der Waals surface area contributed by atoms with Crippen LogP contribution in [0, 0.1) is 5.41 Å². The third-order valence-electron chi connectivity index (χ3n) is 8.35. The predicted molar refractivity (Wildman–Crippen MR) is 153 cm³/mol. The molecule has 10 heteroatoms. The van der Waals surface area contributed by atoms with Crippen LogP contribution in [0.2, 0.25) is 10.0 Å². The smallest absolute Gasteiger partial charge is 0.304 e. The van der Waals surface area contributed by atoms with Crippen molar-refractivity contribution in [2.24, 2.45) is 5.41 Å². The van der Waals surface area contributed by atoms with Gasteiger partial charge >= 0.3 is 5.97 Å². The normalized spacial score (nSPS) is 24.7. The molecule has 2 aromatic carbocycles. The lowest BCUT2D eigenvalue weighted by Gasteiger charge is -2.52. The second-order valence-corrected chi connectivity index (χ2v) is 14.2. The molecule has 0 aromatic heterocycles. The topological polar surface area (TPSA) is 95.0 Å². The molecule has 7 nitrogen and oxygen atoms in total. The summed E-state index contributed by atoms with van der Waals surface area (Å²) in [7, 11) is -1.77. The van der Waals surface area contributed by atoms with Gasteiger partial charge in [-0.25, -0.2) is 12.7 Å². The molecule has 1 saturated carbocycles. The van der Waals surface area contributed by atoms with Crippen LogP contribution in [0.4, 0.5) is 0 Å². The molecule has 0 bridgehead atoms. The molecule has 212 valence electrons. The number of rotatable bonds is 11. The number of likely N-dealkylation sites (tertiary alicyclic amines) is 1. The van der Waals surface area contributed by atoms with Crippen LogP contribution in [0.5, 0.6) is 0 Å². The van der Waals surface area contributed by atoms with Crippen LogP contribution in [0.1, 0.15) is 75.5 Å². The molecule has 1 heterocycles. The first-order chi connectivity index (χ1) is 18.4. The number of nitrogens with zero attached hydrogens (tertiary/aromatic N) is 2. The van der Waals surface area contributed by atoms with Crippen molar-refractivity contribution >= 4 is 45.1 Å². The van der Waals surface area contributed by atoms with Gasteiger partial charge in [-0.05, 0) is 74.4 Å². The summed E-state index contributed by atoms with van der Waals surface area (Å²) in [4.78, 5) is 28.3. The third kappa shape index (κ3) is 6.29. The van der Waals surface area contributed by atoms with E-state index in [4.69, 9.17) is 23.2 Å². The minimum Gasteiger partial charge on any atom is -0.481 e. The van der Waals surface area contributed by atoms with E-state index in [2.05, 4.69) is 0 Å². The summed E-state index contributed by atoms with van der Waals surface area (Å²) in [5.74, 6) is -1.48. The maximum absolute atomic E-state index is 14.4. The number of aliphatic carboxylic acids is 1. The Morgan fingerprint density at radius 1 is 1.13 bits per heavy atom. The standard InChI is InChI=1S/C29H36Cl2N2O5S/c1-4-29(18-26(34)35)17-25(21-6-5-7-23(31)16-21)27(20-8-10-22(30)11-9-20)33(28(29)36)19(2)14-15-32(3)39(37,38)24-12-13-24/h5-11,16,19,24-25,27H,4,12-15,17-18H2,1-3H3,(H,34,35). The Balaban J connectivity index is 1.79. The first-order valence-electron chi connectivity index (χ1n) is 13.4. The highest BCUT2D eigenvalue weighted by molar-refractivity contribution is 7.90. The number of halogens is 2. The number of piperidine rings is 1. The van der Waals surface area contributed by atoms with Crippen LogP contribution in [0.25, 0.3) is 0 Å². The van der Waals surface area contributed by atoms with Crippen molar-refractivity contribution in [2.45, 2.75) is 75.6 Å². The first-order valence-corrected chi connectivity index (χ1v) is 15.7. The molecule has 1 N–H and O–H groups in total. The van der Waals surface area contributed by atoms with Gasteiger partial charge in [-0.3, -0.25) is 9.59 Å². The molecule has 1 aliphatic carbocycles. The number of benzene rings is 2. The van der Waals surface area contributed by atoms with Gasteiger partial charge in [0.2, 0.25) is 15.9 Å². The van der Waals surface area contributed by atoms with Gasteiger partial charge in [0.25, 0.3) is 0 Å². The molecule has 1 aliphatic heterocycles. The maximum atomic E-state index is 14.4. The number of hydrogen-bond acceptors (Lipinski definition) is 4. The van der Waals surface area contributed by atoms with Crippen LogP contribution in [-0.2, 0) is 19.6 Å². The maximum Gasteiger partial charge on any atom is 0.304 e. The molecule has 4 rings (SSSR count). The van der Waals surface area contributed by atoms with Crippen molar-refractivity contribution in [3.05, 3.63) is 69.7 Å². The first kappa shape index (κ1) is 29.8. The summed E-state index contributed by atoms with van der Waals surface area (Å²) in [6.07, 6.45) is 2.20. The predicted octanol–water partition coefficient (Wildman–Crippen LogP) is 6.12. The average molecular weight is 596 g/mol. The summed E-state index contributed by atoms with van der Waals surface area (Å²) in [6, 6.07) is 14.1. The van der Waals surface area contributed by atoms with E-state index in [1.54, 1.807) is 25.2 Å². The number of carboxylic acid groups (broad SMARTS) is 1. The van der Waals surface area contributed by atoms with Gasteiger partial charge in [0.1, 0.15) is 0 Å². The van der Waals surface area contributed by atoms with Gasteiger partial charge in [0.05, 0.1) is 23.1 Å². The molecule has 4 unspecified atom stereocenters. The third-order valence-corrected chi connectivity index (χ3v) is 11.2. The molecule has 0 spiro atoms. The summed E-state index contributed by atoms with van der Waals surface area (Å²) >= 11 is 12.6. The quantitative estimate of drug-likeness (QED) is 0.338. The van der Waals surface area contributed by atoms with Crippen molar-refractivity contribution in [3.8, 4) is 0 Å². The minimum absolute atomic E-state index is 0.217. The fraction of sp³-hybridized carbons (Fsp3) is 0.517. The molecule has 2 aromatic rings. The fourth-order valence-electron chi connectivity index (χ4n) is 5.89. The zero-order valence-corrected chi connectivity index (χ0v) is 24.8. The van der Waals surface area contributed by atoms with Crippen LogP contribution in [0.3, 0.4) is 0 Å². The Morgan fingerprint density at radius 3 is 2.36 bits per heavy atom. The van der Waals surface area contributed by atoms with Gasteiger partial charge in [-0.15, -0.1) is 0 Å². The monoisotopic (exact) mass is 594 g/mol. The Bertz CT molecular complexity index is 1320. The minimum atomic E-state index is -3.36. The number of carboxylic acids is 1.